The summed E-state index contributed by atoms with van der Waals surface area (Å²) in [5.41, 5.74) is 3.34. The van der Waals surface area contributed by atoms with Crippen molar-refractivity contribution in [3.8, 4) is 0 Å². The Hall–Kier alpha value is -1.51. The van der Waals surface area contributed by atoms with Crippen LogP contribution >= 0.6 is 0 Å². The molecule has 0 atom stereocenters. The van der Waals surface area contributed by atoms with Crippen molar-refractivity contribution in [1.29, 1.82) is 0 Å². The quantitative estimate of drug-likeness (QED) is 0.819. The van der Waals surface area contributed by atoms with Gasteiger partial charge in [0.05, 0.1) is 11.4 Å². The zero-order valence-corrected chi connectivity index (χ0v) is 9.68. The smallest absolute Gasteiger partial charge is 0.224 e. The third-order valence-corrected chi connectivity index (χ3v) is 2.83. The largest absolute Gasteiger partial charge is 0.383 e. The monoisotopic (exact) mass is 218 g/mol. The fourth-order valence-electron chi connectivity index (χ4n) is 2.05. The van der Waals surface area contributed by atoms with Crippen molar-refractivity contribution in [2.75, 3.05) is 17.2 Å². The van der Waals surface area contributed by atoms with Gasteiger partial charge >= 0.3 is 0 Å². The van der Waals surface area contributed by atoms with Crippen LogP contribution in [0.2, 0.25) is 0 Å². The topological polar surface area (TPSA) is 41.1 Å². The SMILES string of the molecule is CCCC(=O)Nc1cccc2c1NCCC2. The van der Waals surface area contributed by atoms with Crippen LogP contribution in [-0.2, 0) is 11.2 Å². The van der Waals surface area contributed by atoms with Crippen LogP contribution in [0.1, 0.15) is 31.7 Å². The van der Waals surface area contributed by atoms with E-state index in [1.807, 2.05) is 19.1 Å². The molecule has 0 unspecified atom stereocenters. The summed E-state index contributed by atoms with van der Waals surface area (Å²) in [4.78, 5) is 11.6. The number of carbonyl (C=O) groups is 1. The predicted molar refractivity (Wildman–Crippen MR) is 66.8 cm³/mol. The molecule has 0 bridgehead atoms. The lowest BCUT2D eigenvalue weighted by Gasteiger charge is -2.21. The minimum Gasteiger partial charge on any atom is -0.383 e. The Morgan fingerprint density at radius 1 is 1.50 bits per heavy atom. The van der Waals surface area contributed by atoms with E-state index in [1.54, 1.807) is 0 Å². The van der Waals surface area contributed by atoms with Gasteiger partial charge in [-0.05, 0) is 30.9 Å². The molecule has 0 fully saturated rings. The van der Waals surface area contributed by atoms with E-state index in [2.05, 4.69) is 16.7 Å². The molecule has 1 aromatic rings. The van der Waals surface area contributed by atoms with E-state index in [4.69, 9.17) is 0 Å². The van der Waals surface area contributed by atoms with Crippen LogP contribution in [0.5, 0.6) is 0 Å². The third-order valence-electron chi connectivity index (χ3n) is 2.83. The van der Waals surface area contributed by atoms with Crippen LogP contribution in [-0.4, -0.2) is 12.5 Å². The number of para-hydroxylation sites is 1. The first-order valence-corrected chi connectivity index (χ1v) is 5.97. The summed E-state index contributed by atoms with van der Waals surface area (Å²) in [6.45, 7) is 3.01. The number of hydrogen-bond donors (Lipinski definition) is 2. The van der Waals surface area contributed by atoms with Gasteiger partial charge < -0.3 is 10.6 Å². The fraction of sp³-hybridized carbons (Fsp3) is 0.462. The number of carbonyl (C=O) groups excluding carboxylic acids is 1. The lowest BCUT2D eigenvalue weighted by atomic mass is 10.0. The molecule has 0 aromatic heterocycles. The van der Waals surface area contributed by atoms with Crippen molar-refractivity contribution in [3.05, 3.63) is 23.8 Å². The maximum atomic E-state index is 11.6. The highest BCUT2D eigenvalue weighted by Gasteiger charge is 2.13. The first kappa shape index (κ1) is 11.0. The molecule has 3 heteroatoms. The van der Waals surface area contributed by atoms with Crippen molar-refractivity contribution in [2.45, 2.75) is 32.6 Å². The molecule has 0 saturated heterocycles. The Bertz CT molecular complexity index is 388. The van der Waals surface area contributed by atoms with Gasteiger partial charge in [0.1, 0.15) is 0 Å². The number of nitrogens with one attached hydrogen (secondary N) is 2. The summed E-state index contributed by atoms with van der Waals surface area (Å²) in [6.07, 6.45) is 3.73. The molecule has 1 amide bonds. The van der Waals surface area contributed by atoms with Gasteiger partial charge in [0.15, 0.2) is 0 Å². The Morgan fingerprint density at radius 2 is 2.38 bits per heavy atom. The summed E-state index contributed by atoms with van der Waals surface area (Å²) in [5.74, 6) is 0.100. The van der Waals surface area contributed by atoms with E-state index in [9.17, 15) is 4.79 Å². The normalized spacial score (nSPS) is 13.8. The number of amides is 1. The number of aryl methyl sites for hydroxylation is 1. The van der Waals surface area contributed by atoms with Gasteiger partial charge in [-0.2, -0.15) is 0 Å². The molecule has 3 nitrogen and oxygen atoms in total. The summed E-state index contributed by atoms with van der Waals surface area (Å²) < 4.78 is 0. The fourth-order valence-corrected chi connectivity index (χ4v) is 2.05. The second-order valence-electron chi connectivity index (χ2n) is 4.17. The van der Waals surface area contributed by atoms with Gasteiger partial charge in [-0.15, -0.1) is 0 Å². The molecular weight excluding hydrogens is 200 g/mol. The lowest BCUT2D eigenvalue weighted by molar-refractivity contribution is -0.116. The van der Waals surface area contributed by atoms with Crippen LogP contribution in [0.4, 0.5) is 11.4 Å². The van der Waals surface area contributed by atoms with E-state index >= 15 is 0 Å². The minimum atomic E-state index is 0.100. The number of anilines is 2. The summed E-state index contributed by atoms with van der Waals surface area (Å²) in [5, 5.41) is 6.33. The molecule has 0 saturated carbocycles. The average Bonchev–Trinajstić information content (AvgIpc) is 2.30. The second kappa shape index (κ2) is 5.01. The average molecular weight is 218 g/mol. The molecule has 0 spiro atoms. The Morgan fingerprint density at radius 3 is 3.19 bits per heavy atom. The Balaban J connectivity index is 2.17. The van der Waals surface area contributed by atoms with Crippen LogP contribution in [0.15, 0.2) is 18.2 Å². The highest BCUT2D eigenvalue weighted by molar-refractivity contribution is 5.94. The number of benzene rings is 1. The van der Waals surface area contributed by atoms with Gasteiger partial charge in [-0.1, -0.05) is 19.1 Å². The molecule has 0 radical (unpaired) electrons. The minimum absolute atomic E-state index is 0.100. The molecule has 1 heterocycles. The predicted octanol–water partition coefficient (Wildman–Crippen LogP) is 2.78. The van der Waals surface area contributed by atoms with Crippen LogP contribution in [0.3, 0.4) is 0 Å². The van der Waals surface area contributed by atoms with Gasteiger partial charge in [-0.25, -0.2) is 0 Å². The maximum Gasteiger partial charge on any atom is 0.224 e. The molecule has 86 valence electrons. The molecule has 1 aliphatic heterocycles. The number of fused-ring (bicyclic) bond motifs is 1. The Labute approximate surface area is 96.2 Å². The molecule has 1 aromatic carbocycles. The standard InChI is InChI=1S/C13H18N2O/c1-2-5-12(16)15-11-8-3-6-10-7-4-9-14-13(10)11/h3,6,8,14H,2,4-5,7,9H2,1H3,(H,15,16). The zero-order valence-electron chi connectivity index (χ0n) is 9.68. The highest BCUT2D eigenvalue weighted by Crippen LogP contribution is 2.30. The van der Waals surface area contributed by atoms with Crippen molar-refractivity contribution in [3.63, 3.8) is 0 Å². The molecule has 2 rings (SSSR count). The van der Waals surface area contributed by atoms with Gasteiger partial charge in [-0.3, -0.25) is 4.79 Å². The molecule has 16 heavy (non-hydrogen) atoms. The molecule has 0 aliphatic carbocycles. The van der Waals surface area contributed by atoms with E-state index in [-0.39, 0.29) is 5.91 Å². The van der Waals surface area contributed by atoms with Crippen LogP contribution in [0, 0.1) is 0 Å². The molecule has 2 N–H and O–H groups in total. The number of rotatable bonds is 3. The first-order chi connectivity index (χ1) is 7.81. The third kappa shape index (κ3) is 2.35. The lowest BCUT2D eigenvalue weighted by Crippen LogP contribution is -2.17. The van der Waals surface area contributed by atoms with E-state index in [0.29, 0.717) is 6.42 Å². The summed E-state index contributed by atoms with van der Waals surface area (Å²) >= 11 is 0. The summed E-state index contributed by atoms with van der Waals surface area (Å²) in [7, 11) is 0. The van der Waals surface area contributed by atoms with E-state index < -0.39 is 0 Å². The maximum absolute atomic E-state index is 11.6. The molecule has 1 aliphatic rings. The summed E-state index contributed by atoms with van der Waals surface area (Å²) in [6, 6.07) is 6.09. The van der Waals surface area contributed by atoms with Crippen LogP contribution < -0.4 is 10.6 Å². The van der Waals surface area contributed by atoms with Gasteiger partial charge in [0.2, 0.25) is 5.91 Å². The zero-order chi connectivity index (χ0) is 11.4. The van der Waals surface area contributed by atoms with Crippen molar-refractivity contribution < 1.29 is 4.79 Å². The van der Waals surface area contributed by atoms with Crippen LogP contribution in [0.25, 0.3) is 0 Å². The second-order valence-corrected chi connectivity index (χ2v) is 4.17. The van der Waals surface area contributed by atoms with E-state index in [1.165, 1.54) is 12.0 Å². The van der Waals surface area contributed by atoms with E-state index in [0.717, 1.165) is 30.8 Å². The van der Waals surface area contributed by atoms with Gasteiger partial charge in [0, 0.05) is 13.0 Å². The highest BCUT2D eigenvalue weighted by atomic mass is 16.1. The first-order valence-electron chi connectivity index (χ1n) is 5.97. The number of hydrogen-bond acceptors (Lipinski definition) is 2. The van der Waals surface area contributed by atoms with Crippen molar-refractivity contribution in [2.24, 2.45) is 0 Å². The van der Waals surface area contributed by atoms with Crippen molar-refractivity contribution >= 4 is 17.3 Å². The molecular formula is C13H18N2O. The van der Waals surface area contributed by atoms with Crippen molar-refractivity contribution in [1.82, 2.24) is 0 Å². The van der Waals surface area contributed by atoms with Gasteiger partial charge in [0.25, 0.3) is 0 Å². The Kier molecular flexibility index (Phi) is 3.44.